The van der Waals surface area contributed by atoms with Crippen molar-refractivity contribution in [1.82, 2.24) is 29.4 Å². The number of benzene rings is 2. The number of aromatic nitrogens is 2. The van der Waals surface area contributed by atoms with Crippen molar-refractivity contribution in [2.24, 2.45) is 7.05 Å². The number of amides is 4. The Labute approximate surface area is 356 Å². The Balaban J connectivity index is 0.00000208. The number of sulfonamides is 1. The summed E-state index contributed by atoms with van der Waals surface area (Å²) in [5.41, 5.74) is 3.01. The number of carboxylic acid groups (broad SMARTS) is 1. The predicted octanol–water partition coefficient (Wildman–Crippen LogP) is 0.969. The summed E-state index contributed by atoms with van der Waals surface area (Å²) in [6.45, 7) is 2.07. The monoisotopic (exact) mass is 877 g/mol. The maximum Gasteiger partial charge on any atom is 0.290 e. The maximum atomic E-state index is 13.2. The SMILES string of the molecule is COc1cc(-c2cn(C)c(=O)c3cnccc23)cc(OC)c1CN1CC(S(=O)(=O)NCCOCCOCCNc2cccc3c2C(=O)N(C2CCC(=O)NC2=O)C3=O)C1.O=CO. The average molecular weight is 878 g/mol. The molecular weight excluding hydrogens is 831 g/mol. The molecule has 5 heterocycles. The Morgan fingerprint density at radius 2 is 1.60 bits per heavy atom. The lowest BCUT2D eigenvalue weighted by Gasteiger charge is -2.39. The molecule has 2 fully saturated rings. The minimum atomic E-state index is -3.60. The number of nitrogens with zero attached hydrogens (tertiary/aromatic N) is 4. The highest BCUT2D eigenvalue weighted by Crippen LogP contribution is 2.39. The van der Waals surface area contributed by atoms with E-state index in [1.807, 2.05) is 17.0 Å². The Morgan fingerprint density at radius 3 is 2.26 bits per heavy atom. The van der Waals surface area contributed by atoms with Crippen molar-refractivity contribution >= 4 is 56.6 Å². The molecule has 0 saturated carbocycles. The fourth-order valence-electron chi connectivity index (χ4n) is 7.52. The minimum Gasteiger partial charge on any atom is -0.496 e. The number of ether oxygens (including phenoxy) is 4. The number of rotatable bonds is 18. The lowest BCUT2D eigenvalue weighted by atomic mass is 9.98. The highest BCUT2D eigenvalue weighted by atomic mass is 32.2. The number of likely N-dealkylation sites (tertiary alicyclic amines) is 1. The fraction of sp³-hybridized carbons (Fsp3) is 0.390. The standard InChI is InChI=1S/C40H45N7O11S.CH2O2/c1-45-22-29(26-9-10-41-19-28(26)38(45)50)24-17-33(55-2)30(34(18-24)56-3)23-46-20-25(21-46)59(53,54)43-12-14-58-16-15-57-13-11-42-31-6-4-5-27-36(31)40(52)47(39(27)51)32-7-8-35(48)44-37(32)49;2-1-3/h4-6,9-10,17-19,22,25,32,42-43H,7-8,11-16,20-21,23H2,1-3H3,(H,44,48,49);1H,(H,2,3). The van der Waals surface area contributed by atoms with Gasteiger partial charge in [-0.1, -0.05) is 6.07 Å². The molecule has 0 bridgehead atoms. The largest absolute Gasteiger partial charge is 0.496 e. The number of hydrogen-bond acceptors (Lipinski definition) is 15. The van der Waals surface area contributed by atoms with Crippen LogP contribution in [0.25, 0.3) is 21.9 Å². The van der Waals surface area contributed by atoms with Crippen LogP contribution in [0.2, 0.25) is 0 Å². The molecule has 330 valence electrons. The first kappa shape index (κ1) is 45.3. The Bertz CT molecular complexity index is 2500. The van der Waals surface area contributed by atoms with E-state index in [0.29, 0.717) is 48.8 Å². The van der Waals surface area contributed by atoms with Crippen molar-refractivity contribution in [2.75, 3.05) is 72.1 Å². The van der Waals surface area contributed by atoms with Crippen LogP contribution < -0.4 is 30.4 Å². The first-order valence-corrected chi connectivity index (χ1v) is 21.1. The molecule has 4 amide bonds. The number of hydrogen-bond donors (Lipinski definition) is 4. The molecule has 7 rings (SSSR count). The lowest BCUT2D eigenvalue weighted by molar-refractivity contribution is -0.136. The quantitative estimate of drug-likeness (QED) is 0.0617. The van der Waals surface area contributed by atoms with Crippen molar-refractivity contribution < 1.29 is 56.4 Å². The number of nitrogens with one attached hydrogen (secondary N) is 3. The van der Waals surface area contributed by atoms with Gasteiger partial charge in [0.05, 0.1) is 62.7 Å². The Morgan fingerprint density at radius 1 is 0.919 bits per heavy atom. The number of pyridine rings is 2. The second-order valence-corrected chi connectivity index (χ2v) is 16.5. The van der Waals surface area contributed by atoms with Crippen LogP contribution in [0.1, 0.15) is 39.1 Å². The zero-order valence-electron chi connectivity index (χ0n) is 34.2. The summed E-state index contributed by atoms with van der Waals surface area (Å²) in [5.74, 6) is -1.14. The van der Waals surface area contributed by atoms with Crippen molar-refractivity contribution in [3.8, 4) is 22.6 Å². The predicted molar refractivity (Wildman–Crippen MR) is 223 cm³/mol. The number of anilines is 1. The van der Waals surface area contributed by atoms with Gasteiger partial charge in [0.2, 0.25) is 21.8 Å². The number of methoxy groups -OCH3 is 2. The highest BCUT2D eigenvalue weighted by molar-refractivity contribution is 7.90. The molecule has 0 spiro atoms. The molecular formula is C41H47N7O13S. The summed E-state index contributed by atoms with van der Waals surface area (Å²) >= 11 is 0. The number of aryl methyl sites for hydroxylation is 1. The van der Waals surface area contributed by atoms with Gasteiger partial charge in [0.15, 0.2) is 0 Å². The molecule has 21 heteroatoms. The Kier molecular flexibility index (Phi) is 14.7. The third kappa shape index (κ3) is 9.76. The topological polar surface area (TPSA) is 254 Å². The maximum absolute atomic E-state index is 13.2. The number of carbonyl (C=O) groups excluding carboxylic acids is 4. The van der Waals surface area contributed by atoms with E-state index in [1.165, 1.54) is 10.6 Å². The van der Waals surface area contributed by atoms with Gasteiger partial charge in [0.25, 0.3) is 23.8 Å². The van der Waals surface area contributed by atoms with E-state index in [1.54, 1.807) is 58.1 Å². The van der Waals surface area contributed by atoms with E-state index in [2.05, 4.69) is 20.3 Å². The molecule has 4 aromatic rings. The normalized spacial score (nSPS) is 16.6. The second kappa shape index (κ2) is 20.1. The molecule has 2 aromatic carbocycles. The van der Waals surface area contributed by atoms with Gasteiger partial charge in [-0.05, 0) is 47.7 Å². The van der Waals surface area contributed by atoms with Crippen LogP contribution in [0.15, 0.2) is 59.8 Å². The number of piperidine rings is 1. The summed E-state index contributed by atoms with van der Waals surface area (Å²) in [5, 5.41) is 12.8. The van der Waals surface area contributed by atoms with E-state index in [-0.39, 0.29) is 69.0 Å². The molecule has 4 N–H and O–H groups in total. The fourth-order valence-corrected chi connectivity index (χ4v) is 8.94. The summed E-state index contributed by atoms with van der Waals surface area (Å²) in [6, 6.07) is 9.35. The van der Waals surface area contributed by atoms with E-state index in [9.17, 15) is 32.4 Å². The van der Waals surface area contributed by atoms with Crippen LogP contribution in [0.3, 0.4) is 0 Å². The Hall–Kier alpha value is -6.26. The lowest BCUT2D eigenvalue weighted by Crippen LogP contribution is -2.57. The van der Waals surface area contributed by atoms with Crippen LogP contribution in [0, 0.1) is 0 Å². The average Bonchev–Trinajstić information content (AvgIpc) is 3.49. The zero-order chi connectivity index (χ0) is 44.6. The van der Waals surface area contributed by atoms with Gasteiger partial charge < -0.3 is 33.9 Å². The van der Waals surface area contributed by atoms with Gasteiger partial charge in [-0.25, -0.2) is 13.1 Å². The van der Waals surface area contributed by atoms with E-state index < -0.39 is 44.9 Å². The van der Waals surface area contributed by atoms with Crippen LogP contribution in [-0.2, 0) is 47.5 Å². The molecule has 1 atom stereocenters. The van der Waals surface area contributed by atoms with Crippen molar-refractivity contribution in [3.05, 3.63) is 82.0 Å². The third-order valence-electron chi connectivity index (χ3n) is 10.6. The number of imide groups is 2. The summed E-state index contributed by atoms with van der Waals surface area (Å²) in [6.07, 6.45) is 5.08. The van der Waals surface area contributed by atoms with Gasteiger partial charge in [-0.15, -0.1) is 0 Å². The zero-order valence-corrected chi connectivity index (χ0v) is 35.1. The molecule has 0 aliphatic carbocycles. The number of carbonyl (C=O) groups is 5. The van der Waals surface area contributed by atoms with Gasteiger partial charge in [-0.3, -0.25) is 48.9 Å². The highest BCUT2D eigenvalue weighted by Gasteiger charge is 2.45. The van der Waals surface area contributed by atoms with E-state index >= 15 is 0 Å². The van der Waals surface area contributed by atoms with Crippen molar-refractivity contribution in [2.45, 2.75) is 30.7 Å². The van der Waals surface area contributed by atoms with Gasteiger partial charge in [0, 0.05) is 76.0 Å². The molecule has 3 aliphatic rings. The van der Waals surface area contributed by atoms with Crippen LogP contribution in [0.5, 0.6) is 11.5 Å². The smallest absolute Gasteiger partial charge is 0.290 e. The van der Waals surface area contributed by atoms with Gasteiger partial charge in [0.1, 0.15) is 22.8 Å². The summed E-state index contributed by atoms with van der Waals surface area (Å²) < 4.78 is 52.9. The van der Waals surface area contributed by atoms with Crippen LogP contribution >= 0.6 is 0 Å². The molecule has 0 radical (unpaired) electrons. The van der Waals surface area contributed by atoms with E-state index in [0.717, 1.165) is 27.0 Å². The van der Waals surface area contributed by atoms with Gasteiger partial charge >= 0.3 is 0 Å². The van der Waals surface area contributed by atoms with E-state index in [4.69, 9.17) is 28.8 Å². The van der Waals surface area contributed by atoms with Gasteiger partial charge in [-0.2, -0.15) is 0 Å². The molecule has 3 aliphatic heterocycles. The molecule has 2 saturated heterocycles. The summed E-state index contributed by atoms with van der Waals surface area (Å²) in [7, 11) is 1.23. The summed E-state index contributed by atoms with van der Waals surface area (Å²) in [4.78, 5) is 78.3. The molecule has 1 unspecified atom stereocenters. The van der Waals surface area contributed by atoms with Crippen LogP contribution in [-0.4, -0.2) is 141 Å². The first-order valence-electron chi connectivity index (χ1n) is 19.5. The minimum absolute atomic E-state index is 0.0382. The molecule has 2 aromatic heterocycles. The number of fused-ring (bicyclic) bond motifs is 2. The molecule has 20 nitrogen and oxygen atoms in total. The van der Waals surface area contributed by atoms with Crippen molar-refractivity contribution in [1.29, 1.82) is 0 Å². The molecule has 62 heavy (non-hydrogen) atoms. The third-order valence-corrected chi connectivity index (χ3v) is 12.4. The first-order chi connectivity index (χ1) is 29.8. The van der Waals surface area contributed by atoms with Crippen molar-refractivity contribution in [3.63, 3.8) is 0 Å². The van der Waals surface area contributed by atoms with Crippen LogP contribution in [0.4, 0.5) is 5.69 Å². The second-order valence-electron chi connectivity index (χ2n) is 14.4.